The van der Waals surface area contributed by atoms with E-state index < -0.39 is 5.97 Å². The first-order valence-corrected chi connectivity index (χ1v) is 5.52. The summed E-state index contributed by atoms with van der Waals surface area (Å²) >= 11 is 0. The lowest BCUT2D eigenvalue weighted by Gasteiger charge is -2.25. The molecule has 0 aliphatic carbocycles. The quantitative estimate of drug-likeness (QED) is 0.868. The summed E-state index contributed by atoms with van der Waals surface area (Å²) in [7, 11) is 0. The number of benzene rings is 1. The van der Waals surface area contributed by atoms with E-state index in [2.05, 4.69) is 5.10 Å². The molecule has 0 amide bonds. The van der Waals surface area contributed by atoms with Gasteiger partial charge < -0.3 is 9.84 Å². The van der Waals surface area contributed by atoms with Gasteiger partial charge in [-0.1, -0.05) is 18.2 Å². The predicted octanol–water partition coefficient (Wildman–Crippen LogP) is 1.38. The molecule has 0 bridgehead atoms. The van der Waals surface area contributed by atoms with Crippen LogP contribution < -0.4 is 0 Å². The number of carboxylic acids is 1. The lowest BCUT2D eigenvalue weighted by atomic mass is 10.1. The first-order valence-electron chi connectivity index (χ1n) is 5.52. The molecule has 3 rings (SSSR count). The topological polar surface area (TPSA) is 64.3 Å². The number of fused-ring (bicyclic) bond motifs is 1. The lowest BCUT2D eigenvalue weighted by molar-refractivity contribution is -0.0411. The molecule has 0 unspecified atom stereocenters. The molecule has 5 heteroatoms. The molecule has 2 heterocycles. The second kappa shape index (κ2) is 3.85. The van der Waals surface area contributed by atoms with Crippen LogP contribution in [0.1, 0.15) is 10.5 Å². The van der Waals surface area contributed by atoms with E-state index in [0.29, 0.717) is 31.1 Å². The van der Waals surface area contributed by atoms with Crippen molar-refractivity contribution in [3.8, 4) is 0 Å². The number of hydrogen-bond acceptors (Lipinski definition) is 3. The molecule has 1 saturated heterocycles. The first kappa shape index (κ1) is 10.3. The van der Waals surface area contributed by atoms with Gasteiger partial charge in [0.2, 0.25) is 0 Å². The number of rotatable bonds is 3. The van der Waals surface area contributed by atoms with E-state index in [1.807, 2.05) is 18.2 Å². The minimum atomic E-state index is -0.932. The van der Waals surface area contributed by atoms with Crippen LogP contribution >= 0.6 is 0 Å². The van der Waals surface area contributed by atoms with Gasteiger partial charge in [0, 0.05) is 17.8 Å². The number of aromatic nitrogens is 2. The van der Waals surface area contributed by atoms with Crippen LogP contribution in [0.3, 0.4) is 0 Å². The van der Waals surface area contributed by atoms with Crippen molar-refractivity contribution in [3.05, 3.63) is 30.0 Å². The van der Waals surface area contributed by atoms with Gasteiger partial charge in [0.05, 0.1) is 18.7 Å². The van der Waals surface area contributed by atoms with Crippen molar-refractivity contribution < 1.29 is 14.6 Å². The number of hydrogen-bond donors (Lipinski definition) is 1. The molecule has 0 spiro atoms. The van der Waals surface area contributed by atoms with Crippen LogP contribution in [0.2, 0.25) is 0 Å². The van der Waals surface area contributed by atoms with Crippen molar-refractivity contribution in [1.29, 1.82) is 0 Å². The largest absolute Gasteiger partial charge is 0.477 e. The van der Waals surface area contributed by atoms with E-state index in [1.165, 1.54) is 0 Å². The normalized spacial score (nSPS) is 16.0. The average Bonchev–Trinajstić information content (AvgIpc) is 2.61. The van der Waals surface area contributed by atoms with Crippen LogP contribution in [0.15, 0.2) is 24.3 Å². The predicted molar refractivity (Wildman–Crippen MR) is 61.0 cm³/mol. The van der Waals surface area contributed by atoms with Gasteiger partial charge in [-0.3, -0.25) is 4.68 Å². The third-order valence-corrected chi connectivity index (χ3v) is 2.99. The van der Waals surface area contributed by atoms with E-state index >= 15 is 0 Å². The van der Waals surface area contributed by atoms with Gasteiger partial charge in [0.15, 0.2) is 5.69 Å². The van der Waals surface area contributed by atoms with Crippen molar-refractivity contribution in [1.82, 2.24) is 9.78 Å². The van der Waals surface area contributed by atoms with E-state index in [-0.39, 0.29) is 5.69 Å². The summed E-state index contributed by atoms with van der Waals surface area (Å²) in [5, 5.41) is 14.3. The molecule has 1 fully saturated rings. The maximum atomic E-state index is 11.3. The highest BCUT2D eigenvalue weighted by molar-refractivity contribution is 6.01. The van der Waals surface area contributed by atoms with Gasteiger partial charge in [-0.2, -0.15) is 5.10 Å². The number of aromatic carboxylic acids is 1. The molecule has 1 aromatic heterocycles. The summed E-state index contributed by atoms with van der Waals surface area (Å²) in [4.78, 5) is 11.3. The molecule has 2 aromatic rings. The van der Waals surface area contributed by atoms with E-state index in [4.69, 9.17) is 4.74 Å². The molecule has 1 aliphatic rings. The molecule has 1 aromatic carbocycles. The van der Waals surface area contributed by atoms with Crippen LogP contribution in [0.4, 0.5) is 0 Å². The second-order valence-corrected chi connectivity index (χ2v) is 4.26. The summed E-state index contributed by atoms with van der Waals surface area (Å²) in [5.74, 6) is -0.554. The monoisotopic (exact) mass is 232 g/mol. The van der Waals surface area contributed by atoms with Crippen LogP contribution in [-0.4, -0.2) is 34.1 Å². The molecular formula is C12H12N2O3. The zero-order valence-electron chi connectivity index (χ0n) is 9.17. The van der Waals surface area contributed by atoms with Crippen LogP contribution in [-0.2, 0) is 11.3 Å². The van der Waals surface area contributed by atoms with Crippen molar-refractivity contribution in [2.45, 2.75) is 6.54 Å². The zero-order chi connectivity index (χ0) is 11.8. The average molecular weight is 232 g/mol. The van der Waals surface area contributed by atoms with E-state index in [1.54, 1.807) is 10.7 Å². The smallest absolute Gasteiger partial charge is 0.354 e. The fourth-order valence-electron chi connectivity index (χ4n) is 2.07. The first-order chi connectivity index (χ1) is 8.25. The van der Waals surface area contributed by atoms with E-state index in [0.717, 1.165) is 5.52 Å². The molecule has 5 nitrogen and oxygen atoms in total. The Morgan fingerprint density at radius 1 is 1.47 bits per heavy atom. The molecule has 0 radical (unpaired) electrons. The van der Waals surface area contributed by atoms with Gasteiger partial charge in [-0.05, 0) is 6.07 Å². The summed E-state index contributed by atoms with van der Waals surface area (Å²) in [5.41, 5.74) is 0.998. The third-order valence-electron chi connectivity index (χ3n) is 2.99. The van der Waals surface area contributed by atoms with Crippen LogP contribution in [0.25, 0.3) is 10.9 Å². The minimum absolute atomic E-state index is 0.271. The van der Waals surface area contributed by atoms with Crippen molar-refractivity contribution in [3.63, 3.8) is 0 Å². The Balaban J connectivity index is 2.08. The molecule has 1 aliphatic heterocycles. The highest BCUT2D eigenvalue weighted by Crippen LogP contribution is 2.21. The fourth-order valence-corrected chi connectivity index (χ4v) is 2.07. The Morgan fingerprint density at radius 2 is 2.24 bits per heavy atom. The molecule has 17 heavy (non-hydrogen) atoms. The van der Waals surface area contributed by atoms with Gasteiger partial charge in [0.25, 0.3) is 0 Å². The zero-order valence-corrected chi connectivity index (χ0v) is 9.17. The summed E-state index contributed by atoms with van der Waals surface area (Å²) < 4.78 is 6.68. The summed E-state index contributed by atoms with van der Waals surface area (Å²) in [6.45, 7) is 1.99. The SMILES string of the molecule is O=C(O)c1c2ccccc2nn1CC1COC1. The minimum Gasteiger partial charge on any atom is -0.477 e. The molecule has 0 saturated carbocycles. The Kier molecular flexibility index (Phi) is 2.33. The highest BCUT2D eigenvalue weighted by atomic mass is 16.5. The Bertz CT molecular complexity index is 572. The second-order valence-electron chi connectivity index (χ2n) is 4.26. The molecular weight excluding hydrogens is 220 g/mol. The third kappa shape index (κ3) is 1.68. The van der Waals surface area contributed by atoms with Gasteiger partial charge in [0.1, 0.15) is 0 Å². The standard InChI is InChI=1S/C12H12N2O3/c15-12(16)11-9-3-1-2-4-10(9)13-14(11)5-8-6-17-7-8/h1-4,8H,5-7H2,(H,15,16). The Hall–Kier alpha value is -1.88. The summed E-state index contributed by atoms with van der Waals surface area (Å²) in [6, 6.07) is 7.31. The lowest BCUT2D eigenvalue weighted by Crippen LogP contribution is -2.32. The maximum Gasteiger partial charge on any atom is 0.354 e. The van der Waals surface area contributed by atoms with Crippen molar-refractivity contribution in [2.24, 2.45) is 5.92 Å². The van der Waals surface area contributed by atoms with Crippen molar-refractivity contribution >= 4 is 16.9 Å². The fraction of sp³-hybridized carbons (Fsp3) is 0.333. The Morgan fingerprint density at radius 3 is 2.88 bits per heavy atom. The number of carboxylic acid groups (broad SMARTS) is 1. The molecule has 0 atom stereocenters. The van der Waals surface area contributed by atoms with Crippen LogP contribution in [0.5, 0.6) is 0 Å². The Labute approximate surface area is 97.6 Å². The van der Waals surface area contributed by atoms with Gasteiger partial charge >= 0.3 is 5.97 Å². The van der Waals surface area contributed by atoms with Crippen LogP contribution in [0, 0.1) is 5.92 Å². The highest BCUT2D eigenvalue weighted by Gasteiger charge is 2.24. The number of nitrogens with zero attached hydrogens (tertiary/aromatic N) is 2. The maximum absolute atomic E-state index is 11.3. The molecule has 88 valence electrons. The van der Waals surface area contributed by atoms with Gasteiger partial charge in [-0.15, -0.1) is 0 Å². The summed E-state index contributed by atoms with van der Waals surface area (Å²) in [6.07, 6.45) is 0. The number of ether oxygens (including phenoxy) is 1. The van der Waals surface area contributed by atoms with Gasteiger partial charge in [-0.25, -0.2) is 4.79 Å². The number of carbonyl (C=O) groups is 1. The molecule has 1 N–H and O–H groups in total. The van der Waals surface area contributed by atoms with Crippen molar-refractivity contribution in [2.75, 3.05) is 13.2 Å². The van der Waals surface area contributed by atoms with E-state index in [9.17, 15) is 9.90 Å².